The van der Waals surface area contributed by atoms with E-state index in [1.807, 2.05) is 0 Å². The first kappa shape index (κ1) is 17.2. The van der Waals surface area contributed by atoms with Crippen LogP contribution in [-0.4, -0.2) is 42.6 Å². The molecule has 132 valence electrons. The first-order chi connectivity index (χ1) is 11.3. The van der Waals surface area contributed by atoms with Crippen LogP contribution in [0.25, 0.3) is 0 Å². The van der Waals surface area contributed by atoms with Gasteiger partial charge in [0.2, 0.25) is 10.0 Å². The van der Waals surface area contributed by atoms with Crippen molar-refractivity contribution >= 4 is 15.9 Å². The van der Waals surface area contributed by atoms with Crippen LogP contribution in [0.3, 0.4) is 0 Å². The number of rotatable bonds is 3. The molecule has 1 amide bonds. The van der Waals surface area contributed by atoms with Crippen molar-refractivity contribution in [1.29, 1.82) is 0 Å². The number of sulfonamides is 1. The summed E-state index contributed by atoms with van der Waals surface area (Å²) in [6, 6.07) is 1.74. The highest BCUT2D eigenvalue weighted by Gasteiger charge is 2.31. The minimum absolute atomic E-state index is 0.126. The van der Waals surface area contributed by atoms with Gasteiger partial charge in [-0.15, -0.1) is 0 Å². The van der Waals surface area contributed by atoms with Gasteiger partial charge in [0, 0.05) is 25.8 Å². The number of nitrogens with zero attached hydrogens (tertiary/aromatic N) is 2. The molecule has 1 fully saturated rings. The fourth-order valence-electron chi connectivity index (χ4n) is 3.80. The number of primary sulfonamides is 1. The Bertz CT molecular complexity index is 828. The third kappa shape index (κ3) is 3.39. The van der Waals surface area contributed by atoms with Gasteiger partial charge in [0.05, 0.1) is 5.75 Å². The maximum Gasteiger partial charge on any atom is 0.263 e. The van der Waals surface area contributed by atoms with Gasteiger partial charge < -0.3 is 9.47 Å². The molecule has 2 heterocycles. The molecule has 8 heteroatoms. The van der Waals surface area contributed by atoms with Gasteiger partial charge >= 0.3 is 0 Å². The van der Waals surface area contributed by atoms with E-state index in [0.29, 0.717) is 19.5 Å². The van der Waals surface area contributed by atoms with E-state index in [0.717, 1.165) is 36.9 Å². The highest BCUT2D eigenvalue weighted by Crippen LogP contribution is 2.23. The van der Waals surface area contributed by atoms with Crippen molar-refractivity contribution in [1.82, 2.24) is 9.47 Å². The summed E-state index contributed by atoms with van der Waals surface area (Å²) in [5.74, 6) is -0.592. The Morgan fingerprint density at radius 1 is 1.33 bits per heavy atom. The largest absolute Gasteiger partial charge is 0.338 e. The van der Waals surface area contributed by atoms with Crippen LogP contribution >= 0.6 is 0 Å². The number of carbonyl (C=O) groups is 1. The predicted octanol–water partition coefficient (Wildman–Crippen LogP) is 0.0147. The first-order valence-electron chi connectivity index (χ1n) is 8.28. The molecular weight excluding hydrogens is 330 g/mol. The number of aryl methyl sites for hydroxylation is 1. The van der Waals surface area contributed by atoms with E-state index in [1.165, 1.54) is 0 Å². The predicted molar refractivity (Wildman–Crippen MR) is 90.3 cm³/mol. The number of aromatic nitrogens is 1. The van der Waals surface area contributed by atoms with Crippen LogP contribution in [0.1, 0.15) is 40.9 Å². The lowest BCUT2D eigenvalue weighted by atomic mass is 9.94. The molecule has 7 nitrogen and oxygen atoms in total. The summed E-state index contributed by atoms with van der Waals surface area (Å²) in [5.41, 5.74) is 2.02. The smallest absolute Gasteiger partial charge is 0.263 e. The Kier molecular flexibility index (Phi) is 4.52. The summed E-state index contributed by atoms with van der Waals surface area (Å²) in [7, 11) is -1.83. The van der Waals surface area contributed by atoms with Crippen molar-refractivity contribution in [2.24, 2.45) is 18.1 Å². The molecule has 0 aromatic carbocycles. The Hall–Kier alpha value is -1.67. The molecule has 1 atom stereocenters. The van der Waals surface area contributed by atoms with E-state index in [9.17, 15) is 18.0 Å². The van der Waals surface area contributed by atoms with Gasteiger partial charge in [-0.3, -0.25) is 9.59 Å². The molecule has 1 aromatic heterocycles. The van der Waals surface area contributed by atoms with Crippen molar-refractivity contribution in [3.05, 3.63) is 33.2 Å². The van der Waals surface area contributed by atoms with E-state index in [4.69, 9.17) is 5.14 Å². The average Bonchev–Trinajstić information content (AvgIpc) is 2.96. The van der Waals surface area contributed by atoms with Gasteiger partial charge in [-0.05, 0) is 49.7 Å². The summed E-state index contributed by atoms with van der Waals surface area (Å²) in [6.07, 6.45) is 4.48. The van der Waals surface area contributed by atoms with E-state index in [-0.39, 0.29) is 28.7 Å². The van der Waals surface area contributed by atoms with Crippen LogP contribution in [0, 0.1) is 5.92 Å². The standard InChI is InChI=1S/C16H23N3O4S/c1-18-14-5-3-2-4-12(14)8-13(15(18)20)16(21)19-7-6-11(9-19)10-24(17,22)23/h8,11H,2-7,9-10H2,1H3,(H2,17,22,23)/t11-/m1/s1. The summed E-state index contributed by atoms with van der Waals surface area (Å²) in [4.78, 5) is 26.9. The monoisotopic (exact) mass is 353 g/mol. The summed E-state index contributed by atoms with van der Waals surface area (Å²) >= 11 is 0. The number of fused-ring (bicyclic) bond motifs is 1. The molecule has 1 saturated heterocycles. The SMILES string of the molecule is Cn1c2c(cc(C(=O)N3CC[C@@H](CS(N)(=O)=O)C3)c1=O)CCCC2. The Balaban J connectivity index is 1.84. The van der Waals surface area contributed by atoms with Crippen molar-refractivity contribution in [3.8, 4) is 0 Å². The van der Waals surface area contributed by atoms with Crippen molar-refractivity contribution in [3.63, 3.8) is 0 Å². The van der Waals surface area contributed by atoms with Gasteiger partial charge in [-0.2, -0.15) is 0 Å². The van der Waals surface area contributed by atoms with Crippen LogP contribution in [0.5, 0.6) is 0 Å². The average molecular weight is 353 g/mol. The number of nitrogens with two attached hydrogens (primary N) is 1. The molecule has 0 radical (unpaired) electrons. The van der Waals surface area contributed by atoms with Crippen LogP contribution < -0.4 is 10.7 Å². The number of carbonyl (C=O) groups excluding carboxylic acids is 1. The minimum atomic E-state index is -3.55. The lowest BCUT2D eigenvalue weighted by Crippen LogP contribution is -2.37. The highest BCUT2D eigenvalue weighted by atomic mass is 32.2. The van der Waals surface area contributed by atoms with Crippen LogP contribution in [0.2, 0.25) is 0 Å². The van der Waals surface area contributed by atoms with Gasteiger partial charge in [0.25, 0.3) is 11.5 Å². The van der Waals surface area contributed by atoms with Gasteiger partial charge in [0.15, 0.2) is 0 Å². The zero-order chi connectivity index (χ0) is 17.5. The Morgan fingerprint density at radius 2 is 2.04 bits per heavy atom. The van der Waals surface area contributed by atoms with Crippen LogP contribution in [0.4, 0.5) is 0 Å². The number of pyridine rings is 1. The van der Waals surface area contributed by atoms with E-state index < -0.39 is 10.0 Å². The van der Waals surface area contributed by atoms with Crippen molar-refractivity contribution in [2.45, 2.75) is 32.1 Å². The molecule has 1 aliphatic carbocycles. The molecule has 2 aliphatic rings. The molecule has 0 unspecified atom stereocenters. The van der Waals surface area contributed by atoms with Crippen molar-refractivity contribution in [2.75, 3.05) is 18.8 Å². The summed E-state index contributed by atoms with van der Waals surface area (Å²) in [6.45, 7) is 0.786. The summed E-state index contributed by atoms with van der Waals surface area (Å²) < 4.78 is 24.0. The second-order valence-corrected chi connectivity index (χ2v) is 8.50. The van der Waals surface area contributed by atoms with Crippen LogP contribution in [-0.2, 0) is 29.9 Å². The number of amides is 1. The third-order valence-electron chi connectivity index (χ3n) is 5.01. The fraction of sp³-hybridized carbons (Fsp3) is 0.625. The Labute approximate surface area is 141 Å². The maximum atomic E-state index is 12.7. The first-order valence-corrected chi connectivity index (χ1v) is 9.99. The normalized spacial score (nSPS) is 20.9. The summed E-state index contributed by atoms with van der Waals surface area (Å²) in [5, 5.41) is 5.08. The number of hydrogen-bond donors (Lipinski definition) is 1. The molecule has 1 aliphatic heterocycles. The van der Waals surface area contributed by atoms with Crippen molar-refractivity contribution < 1.29 is 13.2 Å². The van der Waals surface area contributed by atoms with E-state index in [1.54, 1.807) is 22.6 Å². The second kappa shape index (κ2) is 6.33. The molecule has 3 rings (SSSR count). The minimum Gasteiger partial charge on any atom is -0.338 e. The zero-order valence-electron chi connectivity index (χ0n) is 13.8. The fourth-order valence-corrected chi connectivity index (χ4v) is 4.72. The third-order valence-corrected chi connectivity index (χ3v) is 5.95. The molecule has 1 aromatic rings. The molecule has 0 bridgehead atoms. The Morgan fingerprint density at radius 3 is 2.75 bits per heavy atom. The van der Waals surface area contributed by atoms with Gasteiger partial charge in [-0.1, -0.05) is 0 Å². The molecular formula is C16H23N3O4S. The van der Waals surface area contributed by atoms with E-state index >= 15 is 0 Å². The highest BCUT2D eigenvalue weighted by molar-refractivity contribution is 7.89. The topological polar surface area (TPSA) is 102 Å². The quantitative estimate of drug-likeness (QED) is 0.827. The lowest BCUT2D eigenvalue weighted by molar-refractivity contribution is 0.0785. The number of likely N-dealkylation sites (tertiary alicyclic amines) is 1. The number of hydrogen-bond acceptors (Lipinski definition) is 4. The molecule has 24 heavy (non-hydrogen) atoms. The molecule has 0 saturated carbocycles. The maximum absolute atomic E-state index is 12.7. The van der Waals surface area contributed by atoms with Crippen LogP contribution in [0.15, 0.2) is 10.9 Å². The van der Waals surface area contributed by atoms with Gasteiger partial charge in [-0.25, -0.2) is 13.6 Å². The van der Waals surface area contributed by atoms with Gasteiger partial charge in [0.1, 0.15) is 5.56 Å². The van der Waals surface area contributed by atoms with E-state index in [2.05, 4.69) is 0 Å². The molecule has 0 spiro atoms. The molecule has 2 N–H and O–H groups in total. The lowest BCUT2D eigenvalue weighted by Gasteiger charge is -2.22. The second-order valence-electron chi connectivity index (χ2n) is 6.84. The zero-order valence-corrected chi connectivity index (χ0v) is 14.6.